The van der Waals surface area contributed by atoms with Crippen LogP contribution in [0.2, 0.25) is 0 Å². The Hall–Kier alpha value is -3.65. The van der Waals surface area contributed by atoms with E-state index in [9.17, 15) is 4.79 Å². The van der Waals surface area contributed by atoms with Crippen molar-refractivity contribution in [3.05, 3.63) is 60.3 Å². The Labute approximate surface area is 180 Å². The second-order valence-corrected chi connectivity index (χ2v) is 7.21. The van der Waals surface area contributed by atoms with E-state index in [0.29, 0.717) is 24.0 Å². The van der Waals surface area contributed by atoms with Crippen molar-refractivity contribution in [1.82, 2.24) is 15.3 Å². The fourth-order valence-corrected chi connectivity index (χ4v) is 3.43. The van der Waals surface area contributed by atoms with Crippen molar-refractivity contribution < 1.29 is 19.4 Å². The number of nitrogens with zero attached hydrogens (tertiary/aromatic N) is 1. The first-order valence-electron chi connectivity index (χ1n) is 10.1. The smallest absolute Gasteiger partial charge is 0.290 e. The van der Waals surface area contributed by atoms with E-state index in [1.807, 2.05) is 48.5 Å². The highest BCUT2D eigenvalue weighted by Crippen LogP contribution is 2.24. The summed E-state index contributed by atoms with van der Waals surface area (Å²) in [6.45, 7) is 2.05. The van der Waals surface area contributed by atoms with Crippen LogP contribution >= 0.6 is 0 Å². The van der Waals surface area contributed by atoms with Gasteiger partial charge in [-0.15, -0.1) is 0 Å². The molecule has 0 spiro atoms. The second-order valence-electron chi connectivity index (χ2n) is 7.21. The first kappa shape index (κ1) is 22.0. The van der Waals surface area contributed by atoms with Gasteiger partial charge < -0.3 is 25.9 Å². The predicted molar refractivity (Wildman–Crippen MR) is 118 cm³/mol. The van der Waals surface area contributed by atoms with E-state index in [-0.39, 0.29) is 12.4 Å². The monoisotopic (exact) mass is 422 g/mol. The van der Waals surface area contributed by atoms with Crippen molar-refractivity contribution in [2.24, 2.45) is 5.92 Å². The standard InChI is InChI=1S/C22H24N4O2.CH2O2/c23-22-25-14-20(26-22)18-5-1-16(2-6-18)17-3-7-19(8-4-17)21(27)24-13-15-9-11-28-12-10-15;2-1-3/h1-8,14-15H,9-13H2,(H,24,27)(H3,23,25,26);1H,(H,2,3). The Balaban J connectivity index is 0.000000858. The van der Waals surface area contributed by atoms with Crippen LogP contribution in [0.15, 0.2) is 54.7 Å². The van der Waals surface area contributed by atoms with Crippen LogP contribution in [0.1, 0.15) is 23.2 Å². The molecule has 1 amide bonds. The zero-order valence-electron chi connectivity index (χ0n) is 17.1. The van der Waals surface area contributed by atoms with Crippen LogP contribution in [-0.2, 0) is 9.53 Å². The van der Waals surface area contributed by atoms with Crippen molar-refractivity contribution in [1.29, 1.82) is 0 Å². The minimum Gasteiger partial charge on any atom is -0.483 e. The van der Waals surface area contributed by atoms with Gasteiger partial charge in [0.2, 0.25) is 0 Å². The highest BCUT2D eigenvalue weighted by molar-refractivity contribution is 5.94. The van der Waals surface area contributed by atoms with Gasteiger partial charge in [-0.25, -0.2) is 4.98 Å². The third-order valence-electron chi connectivity index (χ3n) is 5.16. The zero-order valence-corrected chi connectivity index (χ0v) is 17.1. The number of carbonyl (C=O) groups is 2. The molecule has 8 nitrogen and oxygen atoms in total. The van der Waals surface area contributed by atoms with Crippen LogP contribution in [0.25, 0.3) is 22.4 Å². The molecule has 31 heavy (non-hydrogen) atoms. The van der Waals surface area contributed by atoms with Crippen LogP contribution in [-0.4, -0.2) is 47.2 Å². The Morgan fingerprint density at radius 2 is 1.65 bits per heavy atom. The maximum absolute atomic E-state index is 12.4. The molecule has 0 radical (unpaired) electrons. The van der Waals surface area contributed by atoms with Crippen molar-refractivity contribution in [3.8, 4) is 22.4 Å². The van der Waals surface area contributed by atoms with Gasteiger partial charge >= 0.3 is 0 Å². The number of aromatic amines is 1. The van der Waals surface area contributed by atoms with Crippen LogP contribution in [0, 0.1) is 5.92 Å². The molecule has 0 aliphatic carbocycles. The molecule has 5 N–H and O–H groups in total. The SMILES string of the molecule is Nc1ncc(-c2ccc(-c3ccc(C(=O)NCC4CCOCC4)cc3)cc2)[nH]1.O=CO. The van der Waals surface area contributed by atoms with Crippen molar-refractivity contribution in [2.75, 3.05) is 25.5 Å². The topological polar surface area (TPSA) is 130 Å². The molecular weight excluding hydrogens is 396 g/mol. The molecule has 4 rings (SSSR count). The zero-order chi connectivity index (χ0) is 22.1. The summed E-state index contributed by atoms with van der Waals surface area (Å²) >= 11 is 0. The van der Waals surface area contributed by atoms with Gasteiger partial charge in [0.1, 0.15) is 0 Å². The fraction of sp³-hybridized carbons (Fsp3) is 0.261. The Kier molecular flexibility index (Phi) is 7.78. The summed E-state index contributed by atoms with van der Waals surface area (Å²) < 4.78 is 5.36. The summed E-state index contributed by atoms with van der Waals surface area (Å²) in [5.74, 6) is 0.899. The van der Waals surface area contributed by atoms with Gasteiger partial charge in [-0.3, -0.25) is 9.59 Å². The highest BCUT2D eigenvalue weighted by atomic mass is 16.5. The van der Waals surface area contributed by atoms with Crippen molar-refractivity contribution >= 4 is 18.3 Å². The predicted octanol–water partition coefficient (Wildman–Crippen LogP) is 3.18. The number of nitrogen functional groups attached to an aromatic ring is 1. The second kappa shape index (κ2) is 10.9. The summed E-state index contributed by atoms with van der Waals surface area (Å²) in [6.07, 6.45) is 3.75. The minimum absolute atomic E-state index is 0.0229. The van der Waals surface area contributed by atoms with Crippen LogP contribution in [0.3, 0.4) is 0 Å². The van der Waals surface area contributed by atoms with E-state index >= 15 is 0 Å². The molecule has 8 heteroatoms. The third-order valence-corrected chi connectivity index (χ3v) is 5.16. The van der Waals surface area contributed by atoms with E-state index in [1.54, 1.807) is 6.20 Å². The average Bonchev–Trinajstić information content (AvgIpc) is 3.25. The lowest BCUT2D eigenvalue weighted by molar-refractivity contribution is -0.122. The number of benzene rings is 2. The van der Waals surface area contributed by atoms with E-state index in [1.165, 1.54) is 0 Å². The van der Waals surface area contributed by atoms with Gasteiger partial charge in [0.05, 0.1) is 11.9 Å². The Morgan fingerprint density at radius 3 is 2.19 bits per heavy atom. The van der Waals surface area contributed by atoms with Crippen molar-refractivity contribution in [3.63, 3.8) is 0 Å². The number of amides is 1. The third kappa shape index (κ3) is 6.16. The molecule has 1 saturated heterocycles. The lowest BCUT2D eigenvalue weighted by Crippen LogP contribution is -2.32. The number of ether oxygens (including phenoxy) is 1. The number of H-pyrrole nitrogens is 1. The molecular formula is C23H26N4O4. The summed E-state index contributed by atoms with van der Waals surface area (Å²) in [4.78, 5) is 27.8. The number of hydrogen-bond donors (Lipinski definition) is 4. The molecule has 0 unspecified atom stereocenters. The molecule has 162 valence electrons. The molecule has 1 aliphatic heterocycles. The highest BCUT2D eigenvalue weighted by Gasteiger charge is 2.15. The van der Waals surface area contributed by atoms with Gasteiger partial charge in [0.25, 0.3) is 12.4 Å². The van der Waals surface area contributed by atoms with E-state index < -0.39 is 0 Å². The molecule has 0 atom stereocenters. The normalized spacial score (nSPS) is 13.7. The minimum atomic E-state index is -0.250. The molecule has 0 saturated carbocycles. The molecule has 1 fully saturated rings. The molecule has 2 aromatic carbocycles. The van der Waals surface area contributed by atoms with E-state index in [2.05, 4.69) is 15.3 Å². The van der Waals surface area contributed by atoms with Gasteiger partial charge in [-0.05, 0) is 47.6 Å². The lowest BCUT2D eigenvalue weighted by Gasteiger charge is -2.22. The first-order chi connectivity index (χ1) is 15.1. The maximum atomic E-state index is 12.4. The number of carbonyl (C=O) groups excluding carboxylic acids is 1. The lowest BCUT2D eigenvalue weighted by atomic mass is 10.00. The number of hydrogen-bond acceptors (Lipinski definition) is 5. The molecule has 0 bridgehead atoms. The summed E-state index contributed by atoms with van der Waals surface area (Å²) in [7, 11) is 0. The van der Waals surface area contributed by atoms with Gasteiger partial charge in [-0.2, -0.15) is 0 Å². The van der Waals surface area contributed by atoms with Gasteiger partial charge in [-0.1, -0.05) is 36.4 Å². The van der Waals surface area contributed by atoms with E-state index in [0.717, 1.165) is 48.4 Å². The van der Waals surface area contributed by atoms with Crippen LogP contribution < -0.4 is 11.1 Å². The number of nitrogens with two attached hydrogens (primary N) is 1. The Bertz CT molecular complexity index is 978. The fourth-order valence-electron chi connectivity index (χ4n) is 3.43. The number of anilines is 1. The summed E-state index contributed by atoms with van der Waals surface area (Å²) in [6, 6.07) is 15.8. The Morgan fingerprint density at radius 1 is 1.10 bits per heavy atom. The first-order valence-corrected chi connectivity index (χ1v) is 10.1. The largest absolute Gasteiger partial charge is 0.483 e. The number of nitrogens with one attached hydrogen (secondary N) is 2. The molecule has 1 aromatic heterocycles. The molecule has 3 aromatic rings. The molecule has 2 heterocycles. The van der Waals surface area contributed by atoms with Gasteiger partial charge in [0, 0.05) is 25.3 Å². The maximum Gasteiger partial charge on any atom is 0.290 e. The average molecular weight is 422 g/mol. The van der Waals surface area contributed by atoms with Gasteiger partial charge in [0.15, 0.2) is 5.95 Å². The van der Waals surface area contributed by atoms with Crippen molar-refractivity contribution in [2.45, 2.75) is 12.8 Å². The number of imidazole rings is 1. The number of rotatable bonds is 5. The molecule has 1 aliphatic rings. The summed E-state index contributed by atoms with van der Waals surface area (Å²) in [5, 5.41) is 9.93. The summed E-state index contributed by atoms with van der Waals surface area (Å²) in [5.41, 5.74) is 10.4. The number of carboxylic acid groups (broad SMARTS) is 1. The number of aromatic nitrogens is 2. The van der Waals surface area contributed by atoms with Crippen LogP contribution in [0.4, 0.5) is 5.95 Å². The quantitative estimate of drug-likeness (QED) is 0.467. The van der Waals surface area contributed by atoms with Crippen LogP contribution in [0.5, 0.6) is 0 Å². The van der Waals surface area contributed by atoms with E-state index in [4.69, 9.17) is 20.4 Å².